The van der Waals surface area contributed by atoms with Crippen molar-refractivity contribution in [2.45, 2.75) is 30.1 Å². The molecular formula is C15H23ClN2O2S. The number of aliphatic hydroxyl groups excluding tert-OH is 1. The van der Waals surface area contributed by atoms with Gasteiger partial charge in [-0.3, -0.25) is 4.79 Å². The van der Waals surface area contributed by atoms with E-state index < -0.39 is 0 Å². The Morgan fingerprint density at radius 1 is 1.43 bits per heavy atom. The molecule has 1 saturated heterocycles. The second kappa shape index (κ2) is 8.63. The quantitative estimate of drug-likeness (QED) is 0.718. The van der Waals surface area contributed by atoms with Gasteiger partial charge in [0, 0.05) is 30.4 Å². The van der Waals surface area contributed by atoms with Crippen LogP contribution in [-0.4, -0.2) is 42.0 Å². The van der Waals surface area contributed by atoms with E-state index in [0.29, 0.717) is 13.1 Å². The van der Waals surface area contributed by atoms with Crippen molar-refractivity contribution in [3.63, 3.8) is 0 Å². The fraction of sp³-hybridized carbons (Fsp3) is 0.533. The first-order valence-corrected chi connectivity index (χ1v) is 7.84. The van der Waals surface area contributed by atoms with Crippen LogP contribution >= 0.6 is 24.2 Å². The number of aliphatic hydroxyl groups is 1. The lowest BCUT2D eigenvalue weighted by Crippen LogP contribution is -2.38. The summed E-state index contributed by atoms with van der Waals surface area (Å²) >= 11 is 1.55. The van der Waals surface area contributed by atoms with Gasteiger partial charge in [-0.1, -0.05) is 17.7 Å². The standard InChI is InChI=1S/C15H22N2O2S.ClH/c1-10-3-5-13(6-4-10)20-11(2)15(19)17-8-12-7-16-9-14(12)18;/h3-6,11-12,14,16,18H,7-9H2,1-2H3,(H,17,19);1H. The van der Waals surface area contributed by atoms with Crippen LogP contribution in [0.25, 0.3) is 0 Å². The highest BCUT2D eigenvalue weighted by atomic mass is 35.5. The molecule has 1 fully saturated rings. The Labute approximate surface area is 136 Å². The van der Waals surface area contributed by atoms with Gasteiger partial charge < -0.3 is 15.7 Å². The summed E-state index contributed by atoms with van der Waals surface area (Å²) in [4.78, 5) is 13.1. The van der Waals surface area contributed by atoms with Crippen LogP contribution in [0.15, 0.2) is 29.2 Å². The van der Waals surface area contributed by atoms with Gasteiger partial charge in [-0.15, -0.1) is 24.2 Å². The highest BCUT2D eigenvalue weighted by Crippen LogP contribution is 2.23. The second-order valence-electron chi connectivity index (χ2n) is 5.30. The van der Waals surface area contributed by atoms with Crippen LogP contribution in [0.3, 0.4) is 0 Å². The molecule has 3 unspecified atom stereocenters. The van der Waals surface area contributed by atoms with Gasteiger partial charge in [-0.05, 0) is 26.0 Å². The molecule has 0 aromatic heterocycles. The van der Waals surface area contributed by atoms with Gasteiger partial charge in [0.1, 0.15) is 0 Å². The largest absolute Gasteiger partial charge is 0.391 e. The zero-order valence-electron chi connectivity index (χ0n) is 12.3. The van der Waals surface area contributed by atoms with E-state index in [9.17, 15) is 9.90 Å². The van der Waals surface area contributed by atoms with E-state index >= 15 is 0 Å². The molecule has 118 valence electrons. The normalized spacial score (nSPS) is 22.4. The molecule has 0 bridgehead atoms. The minimum Gasteiger partial charge on any atom is -0.391 e. The SMILES string of the molecule is Cc1ccc(SC(C)C(=O)NCC2CNCC2O)cc1.Cl. The van der Waals surface area contributed by atoms with Gasteiger partial charge >= 0.3 is 0 Å². The number of nitrogens with one attached hydrogen (secondary N) is 2. The van der Waals surface area contributed by atoms with Crippen LogP contribution in [0, 0.1) is 12.8 Å². The molecule has 3 atom stereocenters. The number of rotatable bonds is 5. The number of hydrogen-bond acceptors (Lipinski definition) is 4. The molecule has 21 heavy (non-hydrogen) atoms. The van der Waals surface area contributed by atoms with Crippen molar-refractivity contribution in [2.75, 3.05) is 19.6 Å². The first-order valence-electron chi connectivity index (χ1n) is 6.96. The van der Waals surface area contributed by atoms with E-state index in [0.717, 1.165) is 11.4 Å². The van der Waals surface area contributed by atoms with E-state index in [2.05, 4.69) is 10.6 Å². The second-order valence-corrected chi connectivity index (χ2v) is 6.72. The van der Waals surface area contributed by atoms with Gasteiger partial charge in [-0.2, -0.15) is 0 Å². The highest BCUT2D eigenvalue weighted by molar-refractivity contribution is 8.00. The highest BCUT2D eigenvalue weighted by Gasteiger charge is 2.25. The lowest BCUT2D eigenvalue weighted by atomic mass is 10.1. The number of benzene rings is 1. The van der Waals surface area contributed by atoms with Crippen LogP contribution in [0.5, 0.6) is 0 Å². The molecule has 0 saturated carbocycles. The van der Waals surface area contributed by atoms with Crippen LogP contribution in [0.4, 0.5) is 0 Å². The number of halogens is 1. The van der Waals surface area contributed by atoms with Gasteiger partial charge in [0.25, 0.3) is 0 Å². The molecule has 1 aromatic rings. The molecule has 0 aliphatic carbocycles. The number of β-amino-alcohol motifs (C(OH)–C–C–N with tert-alkyl or cyclic N) is 1. The number of hydrogen-bond donors (Lipinski definition) is 3. The number of amides is 1. The number of aryl methyl sites for hydroxylation is 1. The average molecular weight is 331 g/mol. The molecule has 4 nitrogen and oxygen atoms in total. The van der Waals surface area contributed by atoms with E-state index in [4.69, 9.17) is 0 Å². The predicted molar refractivity (Wildman–Crippen MR) is 89.1 cm³/mol. The van der Waals surface area contributed by atoms with E-state index in [1.54, 1.807) is 11.8 Å². The van der Waals surface area contributed by atoms with E-state index in [1.807, 2.05) is 38.1 Å². The molecule has 1 amide bonds. The summed E-state index contributed by atoms with van der Waals surface area (Å²) in [6, 6.07) is 8.17. The molecule has 1 heterocycles. The Morgan fingerprint density at radius 3 is 2.67 bits per heavy atom. The minimum absolute atomic E-state index is 0. The Kier molecular flexibility index (Phi) is 7.52. The zero-order chi connectivity index (χ0) is 14.5. The van der Waals surface area contributed by atoms with Crippen molar-refractivity contribution >= 4 is 30.1 Å². The lowest BCUT2D eigenvalue weighted by Gasteiger charge is -2.16. The Hall–Kier alpha value is -0.750. The molecule has 3 N–H and O–H groups in total. The van der Waals surface area contributed by atoms with Crippen molar-refractivity contribution in [1.29, 1.82) is 0 Å². The summed E-state index contributed by atoms with van der Waals surface area (Å²) in [5.41, 5.74) is 1.22. The molecule has 1 aliphatic rings. The number of carbonyl (C=O) groups is 1. The number of carbonyl (C=O) groups excluding carboxylic acids is 1. The maximum absolute atomic E-state index is 12.0. The smallest absolute Gasteiger partial charge is 0.233 e. The molecular weight excluding hydrogens is 308 g/mol. The van der Waals surface area contributed by atoms with Crippen molar-refractivity contribution in [1.82, 2.24) is 10.6 Å². The van der Waals surface area contributed by atoms with Crippen molar-refractivity contribution in [3.05, 3.63) is 29.8 Å². The summed E-state index contributed by atoms with van der Waals surface area (Å²) in [6.07, 6.45) is -0.352. The fourth-order valence-electron chi connectivity index (χ4n) is 2.18. The maximum atomic E-state index is 12.0. The summed E-state index contributed by atoms with van der Waals surface area (Å²) in [5, 5.41) is 15.6. The molecule has 0 radical (unpaired) electrons. The summed E-state index contributed by atoms with van der Waals surface area (Å²) < 4.78 is 0. The first kappa shape index (κ1) is 18.3. The first-order chi connectivity index (χ1) is 9.56. The molecule has 2 rings (SSSR count). The van der Waals surface area contributed by atoms with Crippen molar-refractivity contribution in [3.8, 4) is 0 Å². The monoisotopic (exact) mass is 330 g/mol. The van der Waals surface area contributed by atoms with Crippen molar-refractivity contribution < 1.29 is 9.90 Å². The Morgan fingerprint density at radius 2 is 2.10 bits per heavy atom. The fourth-order valence-corrected chi connectivity index (χ4v) is 3.07. The van der Waals surface area contributed by atoms with Crippen LogP contribution < -0.4 is 10.6 Å². The Balaban J connectivity index is 0.00000220. The van der Waals surface area contributed by atoms with Gasteiger partial charge in [0.2, 0.25) is 5.91 Å². The third-order valence-electron chi connectivity index (χ3n) is 3.55. The predicted octanol–water partition coefficient (Wildman–Crippen LogP) is 1.59. The zero-order valence-corrected chi connectivity index (χ0v) is 14.0. The third kappa shape index (κ3) is 5.51. The van der Waals surface area contributed by atoms with Gasteiger partial charge in [0.05, 0.1) is 11.4 Å². The van der Waals surface area contributed by atoms with Crippen molar-refractivity contribution in [2.24, 2.45) is 5.92 Å². The van der Waals surface area contributed by atoms with Crippen LogP contribution in [0.1, 0.15) is 12.5 Å². The number of thioether (sulfide) groups is 1. The maximum Gasteiger partial charge on any atom is 0.233 e. The summed E-state index contributed by atoms with van der Waals surface area (Å²) in [6.45, 7) is 5.87. The summed E-state index contributed by atoms with van der Waals surface area (Å²) in [7, 11) is 0. The van der Waals surface area contributed by atoms with Crippen LogP contribution in [0.2, 0.25) is 0 Å². The van der Waals surface area contributed by atoms with Gasteiger partial charge in [-0.25, -0.2) is 0 Å². The molecule has 1 aromatic carbocycles. The summed E-state index contributed by atoms with van der Waals surface area (Å²) in [5.74, 6) is 0.144. The average Bonchev–Trinajstić information content (AvgIpc) is 2.84. The van der Waals surface area contributed by atoms with E-state index in [1.165, 1.54) is 5.56 Å². The topological polar surface area (TPSA) is 61.4 Å². The van der Waals surface area contributed by atoms with Crippen LogP contribution in [-0.2, 0) is 4.79 Å². The molecule has 0 spiro atoms. The molecule has 1 aliphatic heterocycles. The Bertz CT molecular complexity index is 455. The molecule has 6 heteroatoms. The minimum atomic E-state index is -0.352. The van der Waals surface area contributed by atoms with Gasteiger partial charge in [0.15, 0.2) is 0 Å². The van der Waals surface area contributed by atoms with E-state index in [-0.39, 0.29) is 35.6 Å². The third-order valence-corrected chi connectivity index (χ3v) is 4.66. The lowest BCUT2D eigenvalue weighted by molar-refractivity contribution is -0.120.